The highest BCUT2D eigenvalue weighted by atomic mass is 16.5. The van der Waals surface area contributed by atoms with Gasteiger partial charge in [-0.25, -0.2) is 0 Å². The maximum atomic E-state index is 13.4. The van der Waals surface area contributed by atoms with Gasteiger partial charge in [-0.3, -0.25) is 4.79 Å². The molecule has 0 saturated carbocycles. The van der Waals surface area contributed by atoms with Crippen LogP contribution in [0.2, 0.25) is 0 Å². The highest BCUT2D eigenvalue weighted by Crippen LogP contribution is 2.32. The molecule has 0 spiro atoms. The summed E-state index contributed by atoms with van der Waals surface area (Å²) in [5.41, 5.74) is 2.79. The van der Waals surface area contributed by atoms with E-state index in [1.165, 1.54) is 5.56 Å². The Labute approximate surface area is 175 Å². The fourth-order valence-electron chi connectivity index (χ4n) is 4.11. The zero-order chi connectivity index (χ0) is 20.5. The molecule has 1 aromatic heterocycles. The van der Waals surface area contributed by atoms with Crippen molar-refractivity contribution in [3.05, 3.63) is 83.7 Å². The van der Waals surface area contributed by atoms with Gasteiger partial charge in [0.25, 0.3) is 5.91 Å². The third kappa shape index (κ3) is 3.47. The number of likely N-dealkylation sites (tertiary alicyclic amines) is 1. The first-order chi connectivity index (χ1) is 14.7. The molecular formula is C25H23N3O2. The van der Waals surface area contributed by atoms with E-state index in [1.807, 2.05) is 72.5 Å². The van der Waals surface area contributed by atoms with Gasteiger partial charge in [-0.15, -0.1) is 0 Å². The van der Waals surface area contributed by atoms with E-state index in [4.69, 9.17) is 4.52 Å². The summed E-state index contributed by atoms with van der Waals surface area (Å²) in [6.07, 6.45) is 2.85. The Morgan fingerprint density at radius 2 is 1.80 bits per heavy atom. The minimum atomic E-state index is -0.190. The molecule has 1 fully saturated rings. The number of aryl methyl sites for hydroxylation is 1. The van der Waals surface area contributed by atoms with E-state index < -0.39 is 0 Å². The van der Waals surface area contributed by atoms with Gasteiger partial charge in [-0.2, -0.15) is 4.98 Å². The summed E-state index contributed by atoms with van der Waals surface area (Å²) in [6.45, 7) is 2.74. The van der Waals surface area contributed by atoms with Crippen LogP contribution < -0.4 is 0 Å². The first-order valence-corrected chi connectivity index (χ1v) is 10.4. The number of piperidine rings is 1. The molecule has 1 aliphatic rings. The lowest BCUT2D eigenvalue weighted by molar-refractivity contribution is 0.0561. The summed E-state index contributed by atoms with van der Waals surface area (Å²) in [6, 6.07) is 21.8. The molecule has 5 nitrogen and oxygen atoms in total. The van der Waals surface area contributed by atoms with Gasteiger partial charge in [0, 0.05) is 17.7 Å². The Kier molecular flexibility index (Phi) is 4.79. The lowest BCUT2D eigenvalue weighted by Gasteiger charge is -2.33. The van der Waals surface area contributed by atoms with Crippen molar-refractivity contribution in [3.63, 3.8) is 0 Å². The molecule has 0 aliphatic carbocycles. The monoisotopic (exact) mass is 397 g/mol. The molecule has 0 radical (unpaired) electrons. The minimum absolute atomic E-state index is 0.0144. The van der Waals surface area contributed by atoms with Crippen molar-refractivity contribution in [2.75, 3.05) is 6.54 Å². The smallest absolute Gasteiger partial charge is 0.254 e. The van der Waals surface area contributed by atoms with Crippen molar-refractivity contribution < 1.29 is 9.32 Å². The fraction of sp³-hybridized carbons (Fsp3) is 0.240. The molecule has 4 aromatic rings. The van der Waals surface area contributed by atoms with Gasteiger partial charge >= 0.3 is 0 Å². The van der Waals surface area contributed by atoms with Crippen LogP contribution in [0.4, 0.5) is 0 Å². The third-order valence-corrected chi connectivity index (χ3v) is 5.80. The molecule has 150 valence electrons. The normalized spacial score (nSPS) is 16.7. The van der Waals surface area contributed by atoms with Gasteiger partial charge in [0.1, 0.15) is 6.04 Å². The summed E-state index contributed by atoms with van der Waals surface area (Å²) in [7, 11) is 0. The minimum Gasteiger partial charge on any atom is -0.337 e. The van der Waals surface area contributed by atoms with Crippen molar-refractivity contribution in [3.8, 4) is 11.4 Å². The molecular weight excluding hydrogens is 374 g/mol. The molecule has 1 saturated heterocycles. The van der Waals surface area contributed by atoms with Gasteiger partial charge in [0.15, 0.2) is 0 Å². The second kappa shape index (κ2) is 7.75. The zero-order valence-electron chi connectivity index (χ0n) is 16.9. The van der Waals surface area contributed by atoms with E-state index in [9.17, 15) is 4.79 Å². The van der Waals surface area contributed by atoms with Gasteiger partial charge in [0.2, 0.25) is 11.7 Å². The van der Waals surface area contributed by atoms with Crippen LogP contribution in [-0.2, 0) is 0 Å². The van der Waals surface area contributed by atoms with E-state index in [-0.39, 0.29) is 11.9 Å². The van der Waals surface area contributed by atoms with Crippen LogP contribution in [0.5, 0.6) is 0 Å². The maximum absolute atomic E-state index is 13.4. The van der Waals surface area contributed by atoms with Gasteiger partial charge in [0.05, 0.1) is 0 Å². The van der Waals surface area contributed by atoms with Gasteiger partial charge in [-0.1, -0.05) is 65.3 Å². The summed E-state index contributed by atoms with van der Waals surface area (Å²) in [4.78, 5) is 19.9. The Bertz CT molecular complexity index is 1200. The second-order valence-electron chi connectivity index (χ2n) is 7.89. The number of nitrogens with zero attached hydrogens (tertiary/aromatic N) is 3. The van der Waals surface area contributed by atoms with Crippen LogP contribution in [0, 0.1) is 6.92 Å². The Hall–Kier alpha value is -3.47. The van der Waals surface area contributed by atoms with E-state index >= 15 is 0 Å². The van der Waals surface area contributed by atoms with Crippen molar-refractivity contribution in [2.45, 2.75) is 32.2 Å². The molecule has 0 N–H and O–H groups in total. The number of carbonyl (C=O) groups excluding carboxylic acids is 1. The summed E-state index contributed by atoms with van der Waals surface area (Å²) in [5.74, 6) is 1.09. The molecule has 0 bridgehead atoms. The molecule has 2 heterocycles. The first-order valence-electron chi connectivity index (χ1n) is 10.4. The molecule has 1 aliphatic heterocycles. The molecule has 1 atom stereocenters. The maximum Gasteiger partial charge on any atom is 0.254 e. The predicted octanol–water partition coefficient (Wildman–Crippen LogP) is 5.57. The number of fused-ring (bicyclic) bond motifs is 1. The van der Waals surface area contributed by atoms with Crippen molar-refractivity contribution >= 4 is 16.7 Å². The third-order valence-electron chi connectivity index (χ3n) is 5.80. The predicted molar refractivity (Wildman–Crippen MR) is 116 cm³/mol. The lowest BCUT2D eigenvalue weighted by Crippen LogP contribution is -2.38. The van der Waals surface area contributed by atoms with Crippen LogP contribution in [-0.4, -0.2) is 27.5 Å². The highest BCUT2D eigenvalue weighted by molar-refractivity contribution is 5.98. The Morgan fingerprint density at radius 3 is 2.63 bits per heavy atom. The summed E-state index contributed by atoms with van der Waals surface area (Å²) < 4.78 is 5.62. The molecule has 1 amide bonds. The van der Waals surface area contributed by atoms with Crippen molar-refractivity contribution in [1.82, 2.24) is 15.0 Å². The first kappa shape index (κ1) is 18.6. The SMILES string of the molecule is Cc1ccc(-c2noc([C@H]3CCCCN3C(=O)c3ccc4ccccc4c3)n2)cc1. The second-order valence-corrected chi connectivity index (χ2v) is 7.89. The van der Waals surface area contributed by atoms with Crippen LogP contribution in [0.15, 0.2) is 71.3 Å². The highest BCUT2D eigenvalue weighted by Gasteiger charge is 2.32. The molecule has 3 aromatic carbocycles. The van der Waals surface area contributed by atoms with Gasteiger partial charge in [-0.05, 0) is 49.1 Å². The van der Waals surface area contributed by atoms with Crippen LogP contribution >= 0.6 is 0 Å². The number of rotatable bonds is 3. The number of hydrogen-bond acceptors (Lipinski definition) is 4. The van der Waals surface area contributed by atoms with E-state index in [1.54, 1.807) is 0 Å². The topological polar surface area (TPSA) is 59.2 Å². The van der Waals surface area contributed by atoms with Crippen LogP contribution in [0.3, 0.4) is 0 Å². The fourth-order valence-corrected chi connectivity index (χ4v) is 4.11. The van der Waals surface area contributed by atoms with Crippen molar-refractivity contribution in [1.29, 1.82) is 0 Å². The standard InChI is InChI=1S/C25H23N3O2/c1-17-9-11-19(12-10-17)23-26-24(30-27-23)22-8-4-5-15-28(22)25(29)21-14-13-18-6-2-3-7-20(18)16-21/h2-3,6-7,9-14,16,22H,4-5,8,15H2,1H3/t22-/m1/s1. The molecule has 30 heavy (non-hydrogen) atoms. The largest absolute Gasteiger partial charge is 0.337 e. The number of aromatic nitrogens is 2. The lowest BCUT2D eigenvalue weighted by atomic mass is 9.99. The molecule has 5 heteroatoms. The Morgan fingerprint density at radius 1 is 1.00 bits per heavy atom. The summed E-state index contributed by atoms with van der Waals surface area (Å²) >= 11 is 0. The van der Waals surface area contributed by atoms with Crippen molar-refractivity contribution in [2.24, 2.45) is 0 Å². The number of hydrogen-bond donors (Lipinski definition) is 0. The quantitative estimate of drug-likeness (QED) is 0.454. The van der Waals surface area contributed by atoms with Gasteiger partial charge < -0.3 is 9.42 Å². The number of amides is 1. The summed E-state index contributed by atoms with van der Waals surface area (Å²) in [5, 5.41) is 6.37. The average Bonchev–Trinajstić information content (AvgIpc) is 3.29. The number of carbonyl (C=O) groups is 1. The zero-order valence-corrected chi connectivity index (χ0v) is 16.9. The Balaban J connectivity index is 1.44. The van der Waals surface area contributed by atoms with E-state index in [0.29, 0.717) is 23.8 Å². The van der Waals surface area contributed by atoms with E-state index in [2.05, 4.69) is 16.2 Å². The molecule has 5 rings (SSSR count). The number of benzene rings is 3. The van der Waals surface area contributed by atoms with Crippen LogP contribution in [0.1, 0.15) is 47.1 Å². The van der Waals surface area contributed by atoms with E-state index in [0.717, 1.165) is 35.6 Å². The van der Waals surface area contributed by atoms with Crippen LogP contribution in [0.25, 0.3) is 22.2 Å². The average molecular weight is 397 g/mol. The molecule has 0 unspecified atom stereocenters.